The van der Waals surface area contributed by atoms with Gasteiger partial charge < -0.3 is 9.47 Å². The normalized spacial score (nSPS) is 14.2. The van der Waals surface area contributed by atoms with Crippen molar-refractivity contribution in [2.75, 3.05) is 17.8 Å². The van der Waals surface area contributed by atoms with Gasteiger partial charge in [-0.3, -0.25) is 19.4 Å². The van der Waals surface area contributed by atoms with Gasteiger partial charge in [-0.25, -0.2) is 4.90 Å². The number of para-hydroxylation sites is 1. The molecule has 9 nitrogen and oxygen atoms in total. The lowest BCUT2D eigenvalue weighted by Crippen LogP contribution is -2.60. The van der Waals surface area contributed by atoms with Gasteiger partial charge in [-0.15, -0.1) is 0 Å². The number of thioether (sulfide) groups is 1. The first-order valence-corrected chi connectivity index (χ1v) is 12.6. The Labute approximate surface area is 207 Å². The van der Waals surface area contributed by atoms with Gasteiger partial charge in [0.1, 0.15) is 0 Å². The number of hydrogen-bond acceptors (Lipinski definition) is 7. The molecule has 0 bridgehead atoms. The van der Waals surface area contributed by atoms with E-state index in [1.54, 1.807) is 41.6 Å². The molecule has 1 aromatic heterocycles. The Morgan fingerprint density at radius 2 is 1.89 bits per heavy atom. The van der Waals surface area contributed by atoms with E-state index in [2.05, 4.69) is 10.1 Å². The van der Waals surface area contributed by atoms with Crippen molar-refractivity contribution in [2.24, 2.45) is 0 Å². The Hall–Kier alpha value is -3.66. The van der Waals surface area contributed by atoms with Gasteiger partial charge >= 0.3 is 17.2 Å². The number of anilines is 1. The van der Waals surface area contributed by atoms with Crippen LogP contribution in [0, 0.1) is 0 Å². The molecule has 1 unspecified atom stereocenters. The number of H-pyrrole nitrogens is 1. The van der Waals surface area contributed by atoms with Gasteiger partial charge in [0.15, 0.2) is 11.5 Å². The number of amides is 1. The monoisotopic (exact) mass is 495 g/mol. The summed E-state index contributed by atoms with van der Waals surface area (Å²) in [5.74, 6) is 0.144. The summed E-state index contributed by atoms with van der Waals surface area (Å²) in [7, 11) is 0. The standard InChI is InChI=1S/C25H26N4O5S/c1-5-20(30)28-17-11-9-8-10-16(17)22-23(32)26-25(35-4)27-29(22)24(28)15-12-13-18(34-21(31)6-2)19(14-15)33-7-3/h8-14,24H,5-7H2,1-4H3/p+1. The SMILES string of the molecule is CCOc1cc(C2N(C(=O)CC)c3ccccc3-c3c(=O)[nH]c(SC)n[n+]32)ccc1OC(=O)CC. The molecular formula is C25H27N4O5S+. The van der Waals surface area contributed by atoms with Crippen molar-refractivity contribution >= 4 is 29.3 Å². The summed E-state index contributed by atoms with van der Waals surface area (Å²) in [6, 6.07) is 12.4. The molecule has 0 aliphatic carbocycles. The molecule has 0 saturated heterocycles. The molecule has 1 aliphatic heterocycles. The van der Waals surface area contributed by atoms with Gasteiger partial charge in [-0.2, -0.15) is 0 Å². The van der Waals surface area contributed by atoms with Crippen molar-refractivity contribution in [1.82, 2.24) is 10.1 Å². The van der Waals surface area contributed by atoms with Crippen molar-refractivity contribution in [2.45, 2.75) is 44.9 Å². The van der Waals surface area contributed by atoms with Crippen LogP contribution in [-0.2, 0) is 9.59 Å². The maximum atomic E-state index is 13.3. The lowest BCUT2D eigenvalue weighted by molar-refractivity contribution is -0.763. The van der Waals surface area contributed by atoms with Gasteiger partial charge in [0, 0.05) is 23.5 Å². The summed E-state index contributed by atoms with van der Waals surface area (Å²) < 4.78 is 12.8. The first kappa shape index (κ1) is 24.5. The minimum atomic E-state index is -0.754. The van der Waals surface area contributed by atoms with E-state index in [4.69, 9.17) is 9.47 Å². The third-order valence-electron chi connectivity index (χ3n) is 5.60. The van der Waals surface area contributed by atoms with Gasteiger partial charge in [0.25, 0.3) is 6.17 Å². The average Bonchev–Trinajstić information content (AvgIpc) is 2.88. The predicted octanol–water partition coefficient (Wildman–Crippen LogP) is 3.46. The largest absolute Gasteiger partial charge is 0.490 e. The second-order valence-electron chi connectivity index (χ2n) is 7.73. The average molecular weight is 496 g/mol. The molecule has 1 aliphatic rings. The summed E-state index contributed by atoms with van der Waals surface area (Å²) in [6.07, 6.45) is 1.54. The van der Waals surface area contributed by atoms with E-state index in [0.717, 1.165) is 0 Å². The van der Waals surface area contributed by atoms with Crippen LogP contribution in [0.5, 0.6) is 11.5 Å². The summed E-state index contributed by atoms with van der Waals surface area (Å²) >= 11 is 1.30. The summed E-state index contributed by atoms with van der Waals surface area (Å²) in [6.45, 7) is 5.69. The van der Waals surface area contributed by atoms with Crippen LogP contribution < -0.4 is 24.6 Å². The Morgan fingerprint density at radius 1 is 1.11 bits per heavy atom. The highest BCUT2D eigenvalue weighted by Crippen LogP contribution is 2.39. The van der Waals surface area contributed by atoms with E-state index < -0.39 is 6.17 Å². The predicted molar refractivity (Wildman–Crippen MR) is 132 cm³/mol. The van der Waals surface area contributed by atoms with E-state index in [1.807, 2.05) is 37.4 Å². The second kappa shape index (κ2) is 10.3. The molecule has 10 heteroatoms. The number of nitrogens with zero attached hydrogens (tertiary/aromatic N) is 3. The molecule has 182 valence electrons. The number of rotatable bonds is 7. The highest BCUT2D eigenvalue weighted by molar-refractivity contribution is 7.98. The second-order valence-corrected chi connectivity index (χ2v) is 8.53. The summed E-state index contributed by atoms with van der Waals surface area (Å²) in [5.41, 5.74) is 1.93. The molecule has 2 aromatic carbocycles. The molecule has 0 spiro atoms. The topological polar surface area (TPSA) is 105 Å². The van der Waals surface area contributed by atoms with Crippen molar-refractivity contribution < 1.29 is 23.7 Å². The minimum Gasteiger partial charge on any atom is -0.490 e. The van der Waals surface area contributed by atoms with Gasteiger partial charge in [0.05, 0.1) is 17.9 Å². The van der Waals surface area contributed by atoms with Crippen LogP contribution in [0.1, 0.15) is 45.3 Å². The first-order chi connectivity index (χ1) is 16.9. The third-order valence-corrected chi connectivity index (χ3v) is 6.17. The summed E-state index contributed by atoms with van der Waals surface area (Å²) in [5, 5.41) is 5.10. The third kappa shape index (κ3) is 4.53. The number of carbonyl (C=O) groups is 2. The molecule has 0 saturated carbocycles. The van der Waals surface area contributed by atoms with Crippen LogP contribution >= 0.6 is 11.8 Å². The zero-order valence-electron chi connectivity index (χ0n) is 20.0. The number of nitrogens with one attached hydrogen (secondary N) is 1. The number of ether oxygens (including phenoxy) is 2. The zero-order chi connectivity index (χ0) is 25.1. The van der Waals surface area contributed by atoms with E-state index in [1.165, 1.54) is 11.8 Å². The highest BCUT2D eigenvalue weighted by atomic mass is 32.2. The van der Waals surface area contributed by atoms with Crippen LogP contribution in [0.4, 0.5) is 5.69 Å². The van der Waals surface area contributed by atoms with Crippen LogP contribution in [0.25, 0.3) is 11.3 Å². The van der Waals surface area contributed by atoms with Crippen molar-refractivity contribution in [3.05, 3.63) is 58.4 Å². The van der Waals surface area contributed by atoms with Crippen LogP contribution in [0.2, 0.25) is 0 Å². The molecule has 35 heavy (non-hydrogen) atoms. The van der Waals surface area contributed by atoms with Crippen molar-refractivity contribution in [1.29, 1.82) is 0 Å². The fourth-order valence-corrected chi connectivity index (χ4v) is 4.40. The first-order valence-electron chi connectivity index (χ1n) is 11.4. The number of aromatic nitrogens is 3. The number of hydrogen-bond donors (Lipinski definition) is 1. The molecule has 0 radical (unpaired) electrons. The van der Waals surface area contributed by atoms with E-state index >= 15 is 0 Å². The Kier molecular flexibility index (Phi) is 7.20. The molecule has 2 heterocycles. The Balaban J connectivity index is 1.99. The summed E-state index contributed by atoms with van der Waals surface area (Å²) in [4.78, 5) is 42.9. The maximum Gasteiger partial charge on any atom is 0.325 e. The fraction of sp³-hybridized carbons (Fsp3) is 0.320. The van der Waals surface area contributed by atoms with Gasteiger partial charge in [-0.05, 0) is 48.2 Å². The lowest BCUT2D eigenvalue weighted by Gasteiger charge is -2.32. The minimum absolute atomic E-state index is 0.132. The molecule has 3 aromatic rings. The fourth-order valence-electron chi connectivity index (χ4n) is 4.04. The number of esters is 1. The molecule has 0 fully saturated rings. The Morgan fingerprint density at radius 3 is 2.57 bits per heavy atom. The van der Waals surface area contributed by atoms with E-state index in [0.29, 0.717) is 45.8 Å². The van der Waals surface area contributed by atoms with Crippen molar-refractivity contribution in [3.8, 4) is 22.8 Å². The molecule has 1 atom stereocenters. The molecule has 4 rings (SSSR count). The van der Waals surface area contributed by atoms with Crippen LogP contribution in [0.15, 0.2) is 52.4 Å². The molecule has 1 N–H and O–H groups in total. The van der Waals surface area contributed by atoms with Gasteiger partial charge in [-0.1, -0.05) is 37.7 Å². The zero-order valence-corrected chi connectivity index (χ0v) is 20.8. The Bertz CT molecular complexity index is 1340. The van der Waals surface area contributed by atoms with Crippen LogP contribution in [0.3, 0.4) is 0 Å². The number of carbonyl (C=O) groups excluding carboxylic acids is 2. The van der Waals surface area contributed by atoms with Crippen LogP contribution in [-0.4, -0.2) is 34.8 Å². The quantitative estimate of drug-likeness (QED) is 0.232. The number of benzene rings is 2. The number of aromatic amines is 1. The molecule has 1 amide bonds. The van der Waals surface area contributed by atoms with Crippen molar-refractivity contribution in [3.63, 3.8) is 0 Å². The maximum absolute atomic E-state index is 13.3. The molecular weight excluding hydrogens is 468 g/mol. The van der Waals surface area contributed by atoms with Gasteiger partial charge in [0.2, 0.25) is 11.1 Å². The van der Waals surface area contributed by atoms with E-state index in [9.17, 15) is 14.4 Å². The highest BCUT2D eigenvalue weighted by Gasteiger charge is 2.45. The number of fused-ring (bicyclic) bond motifs is 3. The van der Waals surface area contributed by atoms with E-state index in [-0.39, 0.29) is 30.3 Å². The smallest absolute Gasteiger partial charge is 0.325 e. The lowest BCUT2D eigenvalue weighted by atomic mass is 10.0.